The van der Waals surface area contributed by atoms with Gasteiger partial charge in [-0.2, -0.15) is 0 Å². The summed E-state index contributed by atoms with van der Waals surface area (Å²) < 4.78 is 0. The Balaban J connectivity index is 1.42. The van der Waals surface area contributed by atoms with E-state index in [9.17, 15) is 9.59 Å². The number of carbonyl (C=O) groups excluding carboxylic acids is 2. The lowest BCUT2D eigenvalue weighted by atomic mass is 10.1. The van der Waals surface area contributed by atoms with Gasteiger partial charge in [0.2, 0.25) is 11.8 Å². The van der Waals surface area contributed by atoms with Crippen LogP contribution in [0.4, 0.5) is 11.4 Å². The number of nitrogens with one attached hydrogen (secondary N) is 2. The van der Waals surface area contributed by atoms with E-state index in [0.717, 1.165) is 5.56 Å². The van der Waals surface area contributed by atoms with Gasteiger partial charge in [0.05, 0.1) is 6.54 Å². The van der Waals surface area contributed by atoms with Crippen LogP contribution in [-0.4, -0.2) is 30.3 Å². The summed E-state index contributed by atoms with van der Waals surface area (Å²) in [6, 6.07) is 27.2. The summed E-state index contributed by atoms with van der Waals surface area (Å²) in [5.74, 6) is -0.105. The van der Waals surface area contributed by atoms with Crippen molar-refractivity contribution in [1.29, 1.82) is 0 Å². The number of hydrogen-bond acceptors (Lipinski definition) is 3. The van der Waals surface area contributed by atoms with Crippen LogP contribution in [-0.2, 0) is 22.6 Å². The van der Waals surface area contributed by atoms with E-state index < -0.39 is 0 Å². The Morgan fingerprint density at radius 3 is 1.77 bits per heavy atom. The molecule has 2 amide bonds. The molecule has 3 aromatic rings. The summed E-state index contributed by atoms with van der Waals surface area (Å²) in [7, 11) is 1.92. The van der Waals surface area contributed by atoms with E-state index in [2.05, 4.69) is 10.6 Å². The van der Waals surface area contributed by atoms with Crippen molar-refractivity contribution in [3.8, 4) is 0 Å². The molecule has 0 saturated heterocycles. The summed E-state index contributed by atoms with van der Waals surface area (Å²) in [5, 5.41) is 5.78. The van der Waals surface area contributed by atoms with Gasteiger partial charge < -0.3 is 10.6 Å². The van der Waals surface area contributed by atoms with Gasteiger partial charge in [0, 0.05) is 24.3 Å². The summed E-state index contributed by atoms with van der Waals surface area (Å²) >= 11 is 0. The van der Waals surface area contributed by atoms with Crippen LogP contribution in [0.3, 0.4) is 0 Å². The minimum absolute atomic E-state index is 0.0295. The fourth-order valence-corrected chi connectivity index (χ4v) is 3.16. The van der Waals surface area contributed by atoms with E-state index in [1.165, 1.54) is 5.56 Å². The number of benzene rings is 3. The van der Waals surface area contributed by atoms with Gasteiger partial charge in [-0.1, -0.05) is 60.7 Å². The van der Waals surface area contributed by atoms with E-state index >= 15 is 0 Å². The van der Waals surface area contributed by atoms with Crippen LogP contribution in [0.25, 0.3) is 0 Å². The van der Waals surface area contributed by atoms with Gasteiger partial charge in [-0.15, -0.1) is 0 Å². The van der Waals surface area contributed by atoms with Crippen molar-refractivity contribution >= 4 is 23.2 Å². The molecule has 154 valence electrons. The first-order valence-electron chi connectivity index (χ1n) is 10.0. The third kappa shape index (κ3) is 7.18. The number of hydrogen-bond donors (Lipinski definition) is 2. The molecule has 0 saturated carbocycles. The van der Waals surface area contributed by atoms with E-state index in [1.54, 1.807) is 24.3 Å². The van der Waals surface area contributed by atoms with Gasteiger partial charge in [-0.05, 0) is 48.9 Å². The lowest BCUT2D eigenvalue weighted by Gasteiger charge is -2.16. The summed E-state index contributed by atoms with van der Waals surface area (Å²) in [6.45, 7) is 1.01. The maximum Gasteiger partial charge on any atom is 0.238 e. The maximum absolute atomic E-state index is 12.3. The summed E-state index contributed by atoms with van der Waals surface area (Å²) in [6.07, 6.45) is 1.13. The molecule has 0 spiro atoms. The Morgan fingerprint density at radius 2 is 1.20 bits per heavy atom. The third-order valence-corrected chi connectivity index (χ3v) is 4.64. The molecule has 5 nitrogen and oxygen atoms in total. The van der Waals surface area contributed by atoms with Crippen LogP contribution >= 0.6 is 0 Å². The minimum Gasteiger partial charge on any atom is -0.326 e. The van der Waals surface area contributed by atoms with Crippen LogP contribution in [0.5, 0.6) is 0 Å². The lowest BCUT2D eigenvalue weighted by molar-refractivity contribution is -0.117. The highest BCUT2D eigenvalue weighted by Crippen LogP contribution is 2.14. The number of carbonyl (C=O) groups is 2. The topological polar surface area (TPSA) is 61.4 Å². The lowest BCUT2D eigenvalue weighted by Crippen LogP contribution is -2.29. The number of aryl methyl sites for hydroxylation is 1. The van der Waals surface area contributed by atoms with Crippen LogP contribution in [0.2, 0.25) is 0 Å². The van der Waals surface area contributed by atoms with Crippen molar-refractivity contribution in [3.63, 3.8) is 0 Å². The Labute approximate surface area is 177 Å². The van der Waals surface area contributed by atoms with Crippen LogP contribution < -0.4 is 10.6 Å². The molecule has 0 heterocycles. The van der Waals surface area contributed by atoms with E-state index in [1.807, 2.05) is 72.6 Å². The third-order valence-electron chi connectivity index (χ3n) is 4.64. The second kappa shape index (κ2) is 10.9. The number of rotatable bonds is 9. The molecule has 3 rings (SSSR count). The van der Waals surface area contributed by atoms with Gasteiger partial charge in [-0.25, -0.2) is 0 Å². The van der Waals surface area contributed by atoms with Gasteiger partial charge in [0.25, 0.3) is 0 Å². The SMILES string of the molecule is CN(CC(=O)Nc1ccc(NC(=O)CCc2ccccc2)cc1)Cc1ccccc1. The standard InChI is InChI=1S/C25H27N3O2/c1-28(18-21-10-6-3-7-11-21)19-25(30)27-23-15-13-22(14-16-23)26-24(29)17-12-20-8-4-2-5-9-20/h2-11,13-16H,12,17-19H2,1H3,(H,26,29)(H,27,30). The zero-order valence-corrected chi connectivity index (χ0v) is 17.2. The largest absolute Gasteiger partial charge is 0.326 e. The first kappa shape index (κ1) is 21.3. The summed E-state index contributed by atoms with van der Waals surface area (Å²) in [4.78, 5) is 26.4. The van der Waals surface area contributed by atoms with Crippen molar-refractivity contribution in [2.24, 2.45) is 0 Å². The van der Waals surface area contributed by atoms with Crippen molar-refractivity contribution in [1.82, 2.24) is 4.90 Å². The normalized spacial score (nSPS) is 10.6. The maximum atomic E-state index is 12.3. The molecule has 3 aromatic carbocycles. The van der Waals surface area contributed by atoms with Crippen LogP contribution in [0.15, 0.2) is 84.9 Å². The molecule has 0 fully saturated rings. The van der Waals surface area contributed by atoms with E-state index in [4.69, 9.17) is 0 Å². The van der Waals surface area contributed by atoms with Crippen molar-refractivity contribution < 1.29 is 9.59 Å². The first-order chi connectivity index (χ1) is 14.6. The number of amides is 2. The molecule has 2 N–H and O–H groups in total. The predicted molar refractivity (Wildman–Crippen MR) is 121 cm³/mol. The highest BCUT2D eigenvalue weighted by molar-refractivity contribution is 5.93. The van der Waals surface area contributed by atoms with Crippen LogP contribution in [0, 0.1) is 0 Å². The van der Waals surface area contributed by atoms with Gasteiger partial charge in [0.15, 0.2) is 0 Å². The van der Waals surface area contributed by atoms with Crippen LogP contribution in [0.1, 0.15) is 17.5 Å². The second-order valence-corrected chi connectivity index (χ2v) is 7.32. The number of nitrogens with zero attached hydrogens (tertiary/aromatic N) is 1. The van der Waals surface area contributed by atoms with Crippen molar-refractivity contribution in [3.05, 3.63) is 96.1 Å². The molecule has 0 atom stereocenters. The monoisotopic (exact) mass is 401 g/mol. The average Bonchev–Trinajstić information content (AvgIpc) is 2.75. The highest BCUT2D eigenvalue weighted by atomic mass is 16.2. The predicted octanol–water partition coefficient (Wildman–Crippen LogP) is 4.33. The smallest absolute Gasteiger partial charge is 0.238 e. The van der Waals surface area contributed by atoms with Crippen molar-refractivity contribution in [2.45, 2.75) is 19.4 Å². The van der Waals surface area contributed by atoms with E-state index in [-0.39, 0.29) is 11.8 Å². The summed E-state index contributed by atoms with van der Waals surface area (Å²) in [5.41, 5.74) is 3.73. The zero-order valence-electron chi connectivity index (χ0n) is 17.2. The molecule has 5 heteroatoms. The molecule has 0 aliphatic rings. The van der Waals surface area contributed by atoms with Gasteiger partial charge >= 0.3 is 0 Å². The van der Waals surface area contributed by atoms with E-state index in [0.29, 0.717) is 37.3 Å². The molecule has 0 bridgehead atoms. The van der Waals surface area contributed by atoms with Gasteiger partial charge in [0.1, 0.15) is 0 Å². The number of likely N-dealkylation sites (N-methyl/N-ethyl adjacent to an activating group) is 1. The Morgan fingerprint density at radius 1 is 0.700 bits per heavy atom. The highest BCUT2D eigenvalue weighted by Gasteiger charge is 2.08. The fourth-order valence-electron chi connectivity index (χ4n) is 3.16. The Hall–Kier alpha value is -3.44. The minimum atomic E-state index is -0.0759. The average molecular weight is 402 g/mol. The molecule has 0 aliphatic carbocycles. The van der Waals surface area contributed by atoms with Gasteiger partial charge in [-0.3, -0.25) is 14.5 Å². The number of anilines is 2. The second-order valence-electron chi connectivity index (χ2n) is 7.32. The first-order valence-corrected chi connectivity index (χ1v) is 10.0. The molecule has 0 aromatic heterocycles. The molecule has 0 unspecified atom stereocenters. The Kier molecular flexibility index (Phi) is 7.75. The zero-order chi connectivity index (χ0) is 21.2. The molecule has 0 radical (unpaired) electrons. The molecule has 0 aliphatic heterocycles. The molecule has 30 heavy (non-hydrogen) atoms. The quantitative estimate of drug-likeness (QED) is 0.561. The molecular formula is C25H27N3O2. The van der Waals surface area contributed by atoms with Crippen molar-refractivity contribution in [2.75, 3.05) is 24.2 Å². The molecular weight excluding hydrogens is 374 g/mol. The Bertz CT molecular complexity index is 941. The fraction of sp³-hybridized carbons (Fsp3) is 0.200.